The van der Waals surface area contributed by atoms with Gasteiger partial charge in [-0.25, -0.2) is 0 Å². The fraction of sp³-hybridized carbons (Fsp3) is 0.273. The van der Waals surface area contributed by atoms with Crippen LogP contribution in [0.15, 0.2) is 53.7 Å². The van der Waals surface area contributed by atoms with Gasteiger partial charge in [-0.2, -0.15) is 4.68 Å². The first-order valence-corrected chi connectivity index (χ1v) is 9.71. The number of nitrogens with one attached hydrogen (secondary N) is 2. The summed E-state index contributed by atoms with van der Waals surface area (Å²) >= 11 is 0. The number of anilines is 2. The third-order valence-electron chi connectivity index (χ3n) is 5.52. The lowest BCUT2D eigenvalue weighted by molar-refractivity contribution is -0.113. The predicted octanol–water partition coefficient (Wildman–Crippen LogP) is 3.78. The summed E-state index contributed by atoms with van der Waals surface area (Å²) in [6, 6.07) is 13.7. The number of nitrogens with zero attached hydrogens (tertiary/aromatic N) is 4. The third-order valence-corrected chi connectivity index (χ3v) is 5.52. The van der Waals surface area contributed by atoms with Crippen molar-refractivity contribution in [3.05, 3.63) is 76.0 Å². The van der Waals surface area contributed by atoms with E-state index in [0.29, 0.717) is 11.5 Å². The molecule has 4 rings (SSSR count). The molecule has 0 spiro atoms. The maximum atomic E-state index is 13.4. The summed E-state index contributed by atoms with van der Waals surface area (Å²) in [6.45, 7) is 8.03. The molecule has 29 heavy (non-hydrogen) atoms. The average Bonchev–Trinajstić information content (AvgIpc) is 3.18. The van der Waals surface area contributed by atoms with Crippen molar-refractivity contribution in [1.29, 1.82) is 0 Å². The van der Waals surface area contributed by atoms with Crippen LogP contribution in [0.4, 0.5) is 11.6 Å². The molecule has 1 amide bonds. The largest absolute Gasteiger partial charge is 0.326 e. The van der Waals surface area contributed by atoms with Gasteiger partial charge < -0.3 is 10.6 Å². The van der Waals surface area contributed by atoms with E-state index >= 15 is 0 Å². The second kappa shape index (κ2) is 7.50. The van der Waals surface area contributed by atoms with Gasteiger partial charge in [0.15, 0.2) is 0 Å². The summed E-state index contributed by atoms with van der Waals surface area (Å²) in [7, 11) is 0. The Morgan fingerprint density at radius 1 is 1.14 bits per heavy atom. The van der Waals surface area contributed by atoms with Crippen LogP contribution >= 0.6 is 0 Å². The van der Waals surface area contributed by atoms with E-state index in [2.05, 4.69) is 45.2 Å². The number of aromatic nitrogens is 4. The van der Waals surface area contributed by atoms with Crippen molar-refractivity contribution in [2.75, 3.05) is 10.6 Å². The van der Waals surface area contributed by atoms with Crippen LogP contribution in [-0.4, -0.2) is 26.1 Å². The van der Waals surface area contributed by atoms with Crippen LogP contribution in [-0.2, 0) is 11.2 Å². The Kier molecular flexibility index (Phi) is 4.88. The minimum absolute atomic E-state index is 0.172. The highest BCUT2D eigenvalue weighted by Crippen LogP contribution is 2.35. The molecule has 7 heteroatoms. The number of carbonyl (C=O) groups is 1. The number of amides is 1. The summed E-state index contributed by atoms with van der Waals surface area (Å²) in [5.41, 5.74) is 6.51. The number of aryl methyl sites for hydroxylation is 2. The number of carbonyl (C=O) groups excluding carboxylic acids is 1. The van der Waals surface area contributed by atoms with Crippen molar-refractivity contribution >= 4 is 17.5 Å². The lowest BCUT2D eigenvalue weighted by Crippen LogP contribution is -2.31. The molecule has 0 bridgehead atoms. The summed E-state index contributed by atoms with van der Waals surface area (Å²) in [5.74, 6) is 0.352. The highest BCUT2D eigenvalue weighted by Gasteiger charge is 2.34. The summed E-state index contributed by atoms with van der Waals surface area (Å²) in [5, 5.41) is 18.2. The molecule has 3 aromatic rings. The Morgan fingerprint density at radius 3 is 2.62 bits per heavy atom. The number of benzene rings is 2. The van der Waals surface area contributed by atoms with Crippen LogP contribution in [0.1, 0.15) is 42.1 Å². The van der Waals surface area contributed by atoms with Gasteiger partial charge >= 0.3 is 0 Å². The van der Waals surface area contributed by atoms with Crippen LogP contribution in [0.5, 0.6) is 0 Å². The van der Waals surface area contributed by atoms with E-state index in [9.17, 15) is 4.79 Å². The van der Waals surface area contributed by atoms with Crippen molar-refractivity contribution in [1.82, 2.24) is 20.2 Å². The van der Waals surface area contributed by atoms with Crippen molar-refractivity contribution in [3.63, 3.8) is 0 Å². The minimum atomic E-state index is -0.405. The second-order valence-electron chi connectivity index (χ2n) is 7.31. The van der Waals surface area contributed by atoms with E-state index in [1.54, 1.807) is 4.68 Å². The monoisotopic (exact) mass is 388 g/mol. The quantitative estimate of drug-likeness (QED) is 0.710. The Balaban J connectivity index is 1.76. The van der Waals surface area contributed by atoms with Gasteiger partial charge in [-0.15, -0.1) is 0 Å². The zero-order valence-corrected chi connectivity index (χ0v) is 17.0. The maximum absolute atomic E-state index is 13.4. The lowest BCUT2D eigenvalue weighted by atomic mass is 9.94. The fourth-order valence-corrected chi connectivity index (χ4v) is 3.63. The van der Waals surface area contributed by atoms with E-state index < -0.39 is 6.04 Å². The Bertz CT molecular complexity index is 1100. The van der Waals surface area contributed by atoms with E-state index in [1.165, 1.54) is 5.56 Å². The van der Waals surface area contributed by atoms with E-state index in [-0.39, 0.29) is 5.91 Å². The van der Waals surface area contributed by atoms with Gasteiger partial charge in [-0.1, -0.05) is 48.4 Å². The highest BCUT2D eigenvalue weighted by atomic mass is 16.1. The molecule has 148 valence electrons. The van der Waals surface area contributed by atoms with Gasteiger partial charge in [-0.05, 0) is 65.9 Å². The molecule has 1 atom stereocenters. The molecule has 2 aromatic carbocycles. The number of tetrazole rings is 1. The van der Waals surface area contributed by atoms with Gasteiger partial charge in [0.05, 0.1) is 5.57 Å². The molecule has 0 saturated carbocycles. The maximum Gasteiger partial charge on any atom is 0.255 e. The van der Waals surface area contributed by atoms with Crippen molar-refractivity contribution < 1.29 is 4.79 Å². The summed E-state index contributed by atoms with van der Waals surface area (Å²) in [6.07, 6.45) is 0.956. The van der Waals surface area contributed by atoms with Crippen molar-refractivity contribution in [2.24, 2.45) is 0 Å². The lowest BCUT2D eigenvalue weighted by Gasteiger charge is -2.28. The number of allylic oxidation sites excluding steroid dienone is 1. The van der Waals surface area contributed by atoms with Crippen LogP contribution < -0.4 is 10.6 Å². The van der Waals surface area contributed by atoms with E-state index in [0.717, 1.165) is 34.5 Å². The number of hydrogen-bond acceptors (Lipinski definition) is 5. The first-order valence-electron chi connectivity index (χ1n) is 9.71. The highest BCUT2D eigenvalue weighted by molar-refractivity contribution is 6.06. The van der Waals surface area contributed by atoms with Gasteiger partial charge in [-0.3, -0.25) is 4.79 Å². The van der Waals surface area contributed by atoms with Crippen molar-refractivity contribution in [2.45, 2.75) is 40.2 Å². The second-order valence-corrected chi connectivity index (χ2v) is 7.31. The average molecular weight is 388 g/mol. The first-order chi connectivity index (χ1) is 14.0. The number of rotatable bonds is 4. The van der Waals surface area contributed by atoms with E-state index in [4.69, 9.17) is 0 Å². The molecule has 1 aliphatic rings. The zero-order chi connectivity index (χ0) is 20.5. The van der Waals surface area contributed by atoms with Gasteiger partial charge in [0, 0.05) is 11.4 Å². The van der Waals surface area contributed by atoms with Crippen LogP contribution in [0.25, 0.3) is 0 Å². The first kappa shape index (κ1) is 18.9. The molecule has 7 nitrogen and oxygen atoms in total. The Morgan fingerprint density at radius 2 is 1.90 bits per heavy atom. The number of fused-ring (bicyclic) bond motifs is 1. The van der Waals surface area contributed by atoms with E-state index in [1.807, 2.05) is 51.1 Å². The smallest absolute Gasteiger partial charge is 0.255 e. The molecule has 0 aliphatic carbocycles. The topological polar surface area (TPSA) is 84.7 Å². The molecule has 1 aromatic heterocycles. The van der Waals surface area contributed by atoms with Crippen LogP contribution in [0, 0.1) is 13.8 Å². The molecular formula is C22H24N6O. The molecule has 2 N–H and O–H groups in total. The summed E-state index contributed by atoms with van der Waals surface area (Å²) < 4.78 is 1.66. The minimum Gasteiger partial charge on any atom is -0.326 e. The zero-order valence-electron chi connectivity index (χ0n) is 17.0. The fourth-order valence-electron chi connectivity index (χ4n) is 3.63. The number of hydrogen-bond donors (Lipinski definition) is 2. The SMILES string of the molecule is CCc1ccc(C2C(C(=O)Nc3cccc(C)c3C)=C(C)Nc3nnnn32)cc1. The van der Waals surface area contributed by atoms with Gasteiger partial charge in [0.2, 0.25) is 5.95 Å². The standard InChI is InChI=1S/C22H24N6O/c1-5-16-9-11-17(12-10-16)20-19(15(4)23-22-25-26-27-28(20)22)21(29)24-18-8-6-7-13(2)14(18)3/h6-12,20H,5H2,1-4H3,(H,24,29)(H,23,25,27). The Labute approximate surface area is 169 Å². The molecule has 0 radical (unpaired) electrons. The van der Waals surface area contributed by atoms with Crippen LogP contribution in [0.3, 0.4) is 0 Å². The summed E-state index contributed by atoms with van der Waals surface area (Å²) in [4.78, 5) is 13.4. The Hall–Kier alpha value is -3.48. The van der Waals surface area contributed by atoms with Crippen LogP contribution in [0.2, 0.25) is 0 Å². The van der Waals surface area contributed by atoms with Gasteiger partial charge in [0.1, 0.15) is 6.04 Å². The molecule has 0 saturated heterocycles. The van der Waals surface area contributed by atoms with Crippen molar-refractivity contribution in [3.8, 4) is 0 Å². The normalized spacial score (nSPS) is 15.7. The molecule has 0 fully saturated rings. The molecular weight excluding hydrogens is 364 g/mol. The molecule has 1 aliphatic heterocycles. The predicted molar refractivity (Wildman–Crippen MR) is 113 cm³/mol. The third kappa shape index (κ3) is 3.40. The molecule has 2 heterocycles. The molecule has 1 unspecified atom stereocenters. The van der Waals surface area contributed by atoms with Gasteiger partial charge in [0.25, 0.3) is 5.91 Å².